The molecule has 0 saturated heterocycles. The molecule has 1 aliphatic rings. The van der Waals surface area contributed by atoms with E-state index in [0.29, 0.717) is 6.02 Å². The van der Waals surface area contributed by atoms with Crippen molar-refractivity contribution in [1.29, 1.82) is 0 Å². The Morgan fingerprint density at radius 2 is 2.14 bits per heavy atom. The molecule has 0 spiro atoms. The van der Waals surface area contributed by atoms with Crippen LogP contribution >= 0.6 is 15.9 Å². The van der Waals surface area contributed by atoms with E-state index in [1.807, 2.05) is 31.2 Å². The van der Waals surface area contributed by atoms with Gasteiger partial charge in [-0.1, -0.05) is 15.9 Å². The molecule has 0 amide bonds. The second-order valence-corrected chi connectivity index (χ2v) is 4.12. The first-order valence-corrected chi connectivity index (χ1v) is 5.27. The highest BCUT2D eigenvalue weighted by atomic mass is 79.9. The van der Waals surface area contributed by atoms with Crippen LogP contribution in [0.3, 0.4) is 0 Å². The zero-order chi connectivity index (χ0) is 9.97. The van der Waals surface area contributed by atoms with Crippen LogP contribution in [-0.4, -0.2) is 18.7 Å². The Labute approximate surface area is 91.3 Å². The summed E-state index contributed by atoms with van der Waals surface area (Å²) < 4.78 is 6.48. The quantitative estimate of drug-likeness (QED) is 0.836. The summed E-state index contributed by atoms with van der Waals surface area (Å²) in [5, 5.41) is 3.11. The largest absolute Gasteiger partial charge is 0.460 e. The van der Waals surface area contributed by atoms with Gasteiger partial charge in [0, 0.05) is 10.2 Å². The molecule has 14 heavy (non-hydrogen) atoms. The minimum Gasteiger partial charge on any atom is -0.460 e. The Balaban J connectivity index is 2.01. The maximum Gasteiger partial charge on any atom is 0.289 e. The van der Waals surface area contributed by atoms with Gasteiger partial charge in [-0.3, -0.25) is 0 Å². The van der Waals surface area contributed by atoms with Crippen molar-refractivity contribution < 1.29 is 4.74 Å². The van der Waals surface area contributed by atoms with E-state index < -0.39 is 0 Å². The van der Waals surface area contributed by atoms with Gasteiger partial charge < -0.3 is 10.1 Å². The Morgan fingerprint density at radius 3 is 2.71 bits per heavy atom. The van der Waals surface area contributed by atoms with E-state index in [1.165, 1.54) is 0 Å². The Bertz CT molecular complexity index is 348. The first-order chi connectivity index (χ1) is 6.74. The number of benzene rings is 1. The molecule has 1 N–H and O–H groups in total. The summed E-state index contributed by atoms with van der Waals surface area (Å²) in [5.41, 5.74) is 0.987. The number of halogens is 1. The molecule has 0 aromatic heterocycles. The summed E-state index contributed by atoms with van der Waals surface area (Å²) in [4.78, 5) is 4.21. The average molecular weight is 255 g/mol. The number of nitrogens with zero attached hydrogens (tertiary/aromatic N) is 1. The maximum absolute atomic E-state index is 5.42. The molecule has 4 heteroatoms. The van der Waals surface area contributed by atoms with Crippen molar-refractivity contribution in [3.05, 3.63) is 28.7 Å². The van der Waals surface area contributed by atoms with Crippen LogP contribution in [-0.2, 0) is 4.74 Å². The van der Waals surface area contributed by atoms with E-state index in [-0.39, 0.29) is 6.10 Å². The Kier molecular flexibility index (Phi) is 2.72. The Morgan fingerprint density at radius 1 is 1.43 bits per heavy atom. The van der Waals surface area contributed by atoms with E-state index in [2.05, 4.69) is 26.2 Å². The molecule has 0 radical (unpaired) electrons. The standard InChI is InChI=1S/C10H11BrN2O/c1-7-6-12-10(14-7)13-9-4-2-8(11)3-5-9/h2-5,7H,6H2,1H3,(H,12,13). The van der Waals surface area contributed by atoms with Crippen molar-refractivity contribution in [2.75, 3.05) is 11.9 Å². The number of aliphatic imine (C=N–C) groups is 1. The molecule has 0 saturated carbocycles. The number of anilines is 1. The predicted octanol–water partition coefficient (Wildman–Crippen LogP) is 2.64. The average Bonchev–Trinajstić information content (AvgIpc) is 2.56. The monoisotopic (exact) mass is 254 g/mol. The number of hydrogen-bond acceptors (Lipinski definition) is 3. The summed E-state index contributed by atoms with van der Waals surface area (Å²) in [6.45, 7) is 2.73. The number of ether oxygens (including phenoxy) is 1. The van der Waals surface area contributed by atoms with E-state index in [0.717, 1.165) is 16.7 Å². The van der Waals surface area contributed by atoms with Crippen LogP contribution in [0.2, 0.25) is 0 Å². The lowest BCUT2D eigenvalue weighted by molar-refractivity contribution is 0.245. The van der Waals surface area contributed by atoms with Crippen molar-refractivity contribution in [1.82, 2.24) is 0 Å². The maximum atomic E-state index is 5.42. The van der Waals surface area contributed by atoms with Crippen LogP contribution in [0.4, 0.5) is 5.69 Å². The van der Waals surface area contributed by atoms with Crippen LogP contribution in [0, 0.1) is 0 Å². The fraction of sp³-hybridized carbons (Fsp3) is 0.300. The summed E-state index contributed by atoms with van der Waals surface area (Å²) in [5.74, 6) is 0. The second kappa shape index (κ2) is 4.00. The van der Waals surface area contributed by atoms with Gasteiger partial charge in [-0.2, -0.15) is 0 Å². The summed E-state index contributed by atoms with van der Waals surface area (Å²) >= 11 is 3.38. The minimum absolute atomic E-state index is 0.188. The van der Waals surface area contributed by atoms with Crippen molar-refractivity contribution in [3.8, 4) is 0 Å². The van der Waals surface area contributed by atoms with Gasteiger partial charge in [0.15, 0.2) is 0 Å². The zero-order valence-corrected chi connectivity index (χ0v) is 9.41. The van der Waals surface area contributed by atoms with Gasteiger partial charge in [0.2, 0.25) is 0 Å². The molecule has 3 nitrogen and oxygen atoms in total. The fourth-order valence-corrected chi connectivity index (χ4v) is 1.47. The molecule has 1 aliphatic heterocycles. The van der Waals surface area contributed by atoms with Gasteiger partial charge in [0.25, 0.3) is 6.02 Å². The molecule has 0 aliphatic carbocycles. The first-order valence-electron chi connectivity index (χ1n) is 4.48. The van der Waals surface area contributed by atoms with E-state index in [1.54, 1.807) is 0 Å². The first kappa shape index (κ1) is 9.52. The smallest absolute Gasteiger partial charge is 0.289 e. The molecule has 74 valence electrons. The van der Waals surface area contributed by atoms with Crippen molar-refractivity contribution in [2.24, 2.45) is 4.99 Å². The van der Waals surface area contributed by atoms with Crippen molar-refractivity contribution in [2.45, 2.75) is 13.0 Å². The fourth-order valence-electron chi connectivity index (χ4n) is 1.20. The molecule has 0 fully saturated rings. The molecule has 1 unspecified atom stereocenters. The minimum atomic E-state index is 0.188. The highest BCUT2D eigenvalue weighted by Gasteiger charge is 2.14. The second-order valence-electron chi connectivity index (χ2n) is 3.21. The summed E-state index contributed by atoms with van der Waals surface area (Å²) in [7, 11) is 0. The van der Waals surface area contributed by atoms with Crippen molar-refractivity contribution in [3.63, 3.8) is 0 Å². The molecular weight excluding hydrogens is 244 g/mol. The van der Waals surface area contributed by atoms with E-state index >= 15 is 0 Å². The topological polar surface area (TPSA) is 33.6 Å². The van der Waals surface area contributed by atoms with Crippen molar-refractivity contribution >= 4 is 27.6 Å². The highest BCUT2D eigenvalue weighted by molar-refractivity contribution is 9.10. The van der Waals surface area contributed by atoms with Crippen LogP contribution in [0.25, 0.3) is 0 Å². The van der Waals surface area contributed by atoms with Gasteiger partial charge in [-0.25, -0.2) is 4.99 Å². The lowest BCUT2D eigenvalue weighted by atomic mass is 10.3. The van der Waals surface area contributed by atoms with Gasteiger partial charge in [-0.05, 0) is 31.2 Å². The van der Waals surface area contributed by atoms with Crippen LogP contribution in [0.15, 0.2) is 33.7 Å². The normalized spacial score (nSPS) is 20.1. The summed E-state index contributed by atoms with van der Waals surface area (Å²) in [6, 6.07) is 8.50. The van der Waals surface area contributed by atoms with Crippen LogP contribution in [0.1, 0.15) is 6.92 Å². The lowest BCUT2D eigenvalue weighted by Crippen LogP contribution is -2.15. The number of rotatable bonds is 1. The van der Waals surface area contributed by atoms with Gasteiger partial charge in [0.05, 0.1) is 6.54 Å². The molecule has 1 heterocycles. The molecule has 0 bridgehead atoms. The molecular formula is C10H11BrN2O. The van der Waals surface area contributed by atoms with Crippen LogP contribution < -0.4 is 5.32 Å². The SMILES string of the molecule is CC1CN=C(Nc2ccc(Br)cc2)O1. The number of hydrogen-bond donors (Lipinski definition) is 1. The van der Waals surface area contributed by atoms with Crippen LogP contribution in [0.5, 0.6) is 0 Å². The highest BCUT2D eigenvalue weighted by Crippen LogP contribution is 2.15. The summed E-state index contributed by atoms with van der Waals surface area (Å²) in [6.07, 6.45) is 0.188. The van der Waals surface area contributed by atoms with Gasteiger partial charge in [0.1, 0.15) is 6.10 Å². The Hall–Kier alpha value is -1.03. The molecule has 1 aromatic carbocycles. The third-order valence-corrected chi connectivity index (χ3v) is 2.43. The lowest BCUT2D eigenvalue weighted by Gasteiger charge is -2.07. The van der Waals surface area contributed by atoms with Gasteiger partial charge in [-0.15, -0.1) is 0 Å². The number of amidine groups is 1. The number of nitrogens with one attached hydrogen (secondary N) is 1. The van der Waals surface area contributed by atoms with E-state index in [4.69, 9.17) is 4.74 Å². The molecule has 1 aromatic rings. The molecule has 2 rings (SSSR count). The third kappa shape index (κ3) is 2.26. The predicted molar refractivity (Wildman–Crippen MR) is 60.6 cm³/mol. The zero-order valence-electron chi connectivity index (χ0n) is 7.83. The van der Waals surface area contributed by atoms with E-state index in [9.17, 15) is 0 Å². The molecule has 1 atom stereocenters. The third-order valence-electron chi connectivity index (χ3n) is 1.90. The van der Waals surface area contributed by atoms with Gasteiger partial charge >= 0.3 is 0 Å².